The van der Waals surface area contributed by atoms with E-state index in [1.807, 2.05) is 0 Å². The van der Waals surface area contributed by atoms with Crippen molar-refractivity contribution in [3.8, 4) is 0 Å². The molecule has 6 nitrogen and oxygen atoms in total. The lowest BCUT2D eigenvalue weighted by Crippen LogP contribution is -2.18. The number of rotatable bonds is 1. The zero-order valence-electron chi connectivity index (χ0n) is 8.63. The van der Waals surface area contributed by atoms with Crippen LogP contribution in [0.15, 0.2) is 24.3 Å². The molecule has 102 valence electrons. The van der Waals surface area contributed by atoms with Crippen LogP contribution < -0.4 is 5.73 Å². The molecule has 0 spiro atoms. The minimum Gasteiger partial charge on any atom is -0.366 e. The second-order valence-corrected chi connectivity index (χ2v) is 3.95. The standard InChI is InChI=1S/C8H6F3NO.H3O4P/c9-8(10,11)6-4-2-1-3-5(6)7(12)13;1-5(2,3)4/h1-4H,(H2,12,13);(H3,1,2,3,4). The van der Waals surface area contributed by atoms with E-state index in [-0.39, 0.29) is 0 Å². The van der Waals surface area contributed by atoms with Crippen molar-refractivity contribution >= 4 is 13.7 Å². The van der Waals surface area contributed by atoms with Crippen LogP contribution in [0.5, 0.6) is 0 Å². The van der Waals surface area contributed by atoms with E-state index in [0.29, 0.717) is 0 Å². The normalized spacial score (nSPS) is 11.4. The van der Waals surface area contributed by atoms with Gasteiger partial charge in [-0.15, -0.1) is 0 Å². The van der Waals surface area contributed by atoms with E-state index in [1.165, 1.54) is 12.1 Å². The minimum atomic E-state index is -4.64. The number of nitrogens with two attached hydrogens (primary N) is 1. The predicted molar refractivity (Wildman–Crippen MR) is 54.2 cm³/mol. The maximum absolute atomic E-state index is 12.2. The summed E-state index contributed by atoms with van der Waals surface area (Å²) in [6.45, 7) is 0. The zero-order valence-corrected chi connectivity index (χ0v) is 9.52. The Labute approximate surface area is 99.1 Å². The molecular weight excluding hydrogens is 278 g/mol. The maximum atomic E-state index is 12.2. The molecule has 0 bridgehead atoms. The number of amides is 1. The summed E-state index contributed by atoms with van der Waals surface area (Å²) < 4.78 is 45.5. The third kappa shape index (κ3) is 7.02. The molecule has 0 saturated carbocycles. The molecule has 0 aromatic heterocycles. The van der Waals surface area contributed by atoms with Gasteiger partial charge in [0.25, 0.3) is 0 Å². The number of carbonyl (C=O) groups excluding carboxylic acids is 1. The summed E-state index contributed by atoms with van der Waals surface area (Å²) in [5, 5.41) is 0. The fourth-order valence-corrected chi connectivity index (χ4v) is 0.945. The number of hydrogen-bond acceptors (Lipinski definition) is 2. The lowest BCUT2D eigenvalue weighted by molar-refractivity contribution is -0.137. The van der Waals surface area contributed by atoms with Crippen LogP contribution in [-0.2, 0) is 10.7 Å². The molecule has 1 rings (SSSR count). The SMILES string of the molecule is NC(=O)c1ccccc1C(F)(F)F.O=P(O)(O)O. The largest absolute Gasteiger partial charge is 0.466 e. The molecule has 0 unspecified atom stereocenters. The van der Waals surface area contributed by atoms with Crippen LogP contribution in [0, 0.1) is 0 Å². The lowest BCUT2D eigenvalue weighted by Gasteiger charge is -2.09. The number of alkyl halides is 3. The number of carbonyl (C=O) groups is 1. The maximum Gasteiger partial charge on any atom is 0.466 e. The van der Waals surface area contributed by atoms with Gasteiger partial charge >= 0.3 is 14.0 Å². The second-order valence-electron chi connectivity index (χ2n) is 2.92. The number of hydrogen-bond donors (Lipinski definition) is 4. The molecule has 0 radical (unpaired) electrons. The van der Waals surface area contributed by atoms with Crippen LogP contribution in [-0.4, -0.2) is 20.6 Å². The first-order valence-electron chi connectivity index (χ1n) is 4.17. The predicted octanol–water partition coefficient (Wildman–Crippen LogP) is 0.876. The highest BCUT2D eigenvalue weighted by Gasteiger charge is 2.34. The van der Waals surface area contributed by atoms with Crippen molar-refractivity contribution in [3.63, 3.8) is 0 Å². The highest BCUT2D eigenvalue weighted by atomic mass is 31.2. The smallest absolute Gasteiger partial charge is 0.366 e. The van der Waals surface area contributed by atoms with E-state index in [1.54, 1.807) is 0 Å². The second kappa shape index (κ2) is 5.96. The van der Waals surface area contributed by atoms with Crippen LogP contribution in [0.1, 0.15) is 15.9 Å². The van der Waals surface area contributed by atoms with Gasteiger partial charge in [0.15, 0.2) is 0 Å². The Kier molecular flexibility index (Phi) is 5.50. The van der Waals surface area contributed by atoms with E-state index in [4.69, 9.17) is 25.0 Å². The Morgan fingerprint density at radius 2 is 1.56 bits per heavy atom. The Hall–Kier alpha value is -1.41. The molecule has 1 aromatic carbocycles. The average Bonchev–Trinajstić information content (AvgIpc) is 2.13. The summed E-state index contributed by atoms with van der Waals surface area (Å²) in [4.78, 5) is 32.2. The lowest BCUT2D eigenvalue weighted by atomic mass is 10.1. The molecule has 0 aliphatic rings. The molecule has 0 fully saturated rings. The van der Waals surface area contributed by atoms with Gasteiger partial charge < -0.3 is 20.4 Å². The molecule has 0 aliphatic heterocycles. The van der Waals surface area contributed by atoms with Gasteiger partial charge in [0.2, 0.25) is 5.91 Å². The zero-order chi connectivity index (χ0) is 14.6. The van der Waals surface area contributed by atoms with Gasteiger partial charge in [0.05, 0.1) is 11.1 Å². The summed E-state index contributed by atoms with van der Waals surface area (Å²) in [6, 6.07) is 4.40. The van der Waals surface area contributed by atoms with E-state index in [2.05, 4.69) is 0 Å². The summed E-state index contributed by atoms with van der Waals surface area (Å²) >= 11 is 0. The van der Waals surface area contributed by atoms with Crippen molar-refractivity contribution in [2.45, 2.75) is 6.18 Å². The first-order chi connectivity index (χ1) is 7.93. The Balaban J connectivity index is 0.000000494. The average molecular weight is 287 g/mol. The van der Waals surface area contributed by atoms with Crippen LogP contribution in [0.25, 0.3) is 0 Å². The van der Waals surface area contributed by atoms with Crippen molar-refractivity contribution in [2.75, 3.05) is 0 Å². The molecule has 0 saturated heterocycles. The molecule has 1 amide bonds. The highest BCUT2D eigenvalue weighted by molar-refractivity contribution is 7.45. The molecular formula is C8H9F3NO5P. The van der Waals surface area contributed by atoms with Crippen LogP contribution in [0.2, 0.25) is 0 Å². The fraction of sp³-hybridized carbons (Fsp3) is 0.125. The molecule has 0 aliphatic carbocycles. The van der Waals surface area contributed by atoms with Gasteiger partial charge in [0, 0.05) is 0 Å². The summed E-state index contributed by atoms with van der Waals surface area (Å²) in [6.07, 6.45) is -4.54. The van der Waals surface area contributed by atoms with Crippen LogP contribution >= 0.6 is 7.82 Å². The number of benzene rings is 1. The third-order valence-corrected chi connectivity index (χ3v) is 1.50. The van der Waals surface area contributed by atoms with Gasteiger partial charge in [-0.3, -0.25) is 4.79 Å². The van der Waals surface area contributed by atoms with Crippen molar-refractivity contribution in [1.29, 1.82) is 0 Å². The molecule has 1 aromatic rings. The summed E-state index contributed by atoms with van der Waals surface area (Å²) in [5.41, 5.74) is 3.27. The van der Waals surface area contributed by atoms with Crippen molar-refractivity contribution in [3.05, 3.63) is 35.4 Å². The van der Waals surface area contributed by atoms with E-state index in [9.17, 15) is 18.0 Å². The van der Waals surface area contributed by atoms with Gasteiger partial charge in [-0.1, -0.05) is 12.1 Å². The van der Waals surface area contributed by atoms with Crippen LogP contribution in [0.4, 0.5) is 13.2 Å². The van der Waals surface area contributed by atoms with Crippen molar-refractivity contribution in [1.82, 2.24) is 0 Å². The van der Waals surface area contributed by atoms with Crippen molar-refractivity contribution < 1.29 is 37.2 Å². The minimum absolute atomic E-state index is 0.505. The fourth-order valence-electron chi connectivity index (χ4n) is 0.945. The monoisotopic (exact) mass is 287 g/mol. The van der Waals surface area contributed by atoms with Crippen molar-refractivity contribution in [2.24, 2.45) is 5.73 Å². The number of halogens is 3. The Morgan fingerprint density at radius 1 is 1.17 bits per heavy atom. The molecule has 0 atom stereocenters. The number of primary amides is 1. The van der Waals surface area contributed by atoms with Gasteiger partial charge in [-0.05, 0) is 12.1 Å². The molecule has 0 heterocycles. The van der Waals surface area contributed by atoms with E-state index in [0.717, 1.165) is 12.1 Å². The van der Waals surface area contributed by atoms with E-state index >= 15 is 0 Å². The number of phosphoric acid groups is 1. The van der Waals surface area contributed by atoms with Gasteiger partial charge in [-0.25, -0.2) is 4.57 Å². The first kappa shape index (κ1) is 16.6. The topological polar surface area (TPSA) is 121 Å². The van der Waals surface area contributed by atoms with Crippen LogP contribution in [0.3, 0.4) is 0 Å². The van der Waals surface area contributed by atoms with Gasteiger partial charge in [0.1, 0.15) is 0 Å². The van der Waals surface area contributed by atoms with E-state index < -0.39 is 31.0 Å². The summed E-state index contributed by atoms with van der Waals surface area (Å²) in [5.74, 6) is -1.08. The molecule has 10 heteroatoms. The summed E-state index contributed by atoms with van der Waals surface area (Å²) in [7, 11) is -4.64. The third-order valence-electron chi connectivity index (χ3n) is 1.50. The molecule has 18 heavy (non-hydrogen) atoms. The van der Waals surface area contributed by atoms with Gasteiger partial charge in [-0.2, -0.15) is 13.2 Å². The molecule has 5 N–H and O–H groups in total. The quantitative estimate of drug-likeness (QED) is 0.571. The highest BCUT2D eigenvalue weighted by Crippen LogP contribution is 2.31. The Bertz CT molecular complexity index is 462. The Morgan fingerprint density at radius 3 is 1.83 bits per heavy atom. The first-order valence-corrected chi connectivity index (χ1v) is 5.73.